The van der Waals surface area contributed by atoms with Crippen molar-refractivity contribution in [1.29, 1.82) is 0 Å². The van der Waals surface area contributed by atoms with Crippen molar-refractivity contribution < 1.29 is 9.53 Å². The van der Waals surface area contributed by atoms with E-state index in [1.807, 2.05) is 20.0 Å². The minimum absolute atomic E-state index is 0.0978. The van der Waals surface area contributed by atoms with Gasteiger partial charge in [-0.15, -0.1) is 5.10 Å². The van der Waals surface area contributed by atoms with Gasteiger partial charge in [-0.1, -0.05) is 0 Å². The van der Waals surface area contributed by atoms with Gasteiger partial charge in [-0.25, -0.2) is 14.5 Å². The van der Waals surface area contributed by atoms with Gasteiger partial charge in [-0.05, 0) is 13.8 Å². The summed E-state index contributed by atoms with van der Waals surface area (Å²) in [6.07, 6.45) is 5.39. The highest BCUT2D eigenvalue weighted by Gasteiger charge is 2.23. The normalized spacial score (nSPS) is 13.6. The zero-order chi connectivity index (χ0) is 19.0. The Morgan fingerprint density at radius 3 is 3.11 bits per heavy atom. The first kappa shape index (κ1) is 17.2. The Morgan fingerprint density at radius 1 is 1.44 bits per heavy atom. The van der Waals surface area contributed by atoms with Crippen molar-refractivity contribution in [2.75, 3.05) is 17.6 Å². The first-order chi connectivity index (χ1) is 13.0. The molecule has 27 heavy (non-hydrogen) atoms. The molecule has 0 saturated heterocycles. The second-order valence-electron chi connectivity index (χ2n) is 6.53. The van der Waals surface area contributed by atoms with Crippen molar-refractivity contribution in [3.05, 3.63) is 35.5 Å². The third kappa shape index (κ3) is 3.26. The van der Waals surface area contributed by atoms with E-state index >= 15 is 0 Å². The van der Waals surface area contributed by atoms with Crippen LogP contribution in [0.2, 0.25) is 0 Å². The lowest BCUT2D eigenvalue weighted by atomic mass is 10.1. The molecule has 4 heterocycles. The molecule has 0 fully saturated rings. The molecule has 0 atom stereocenters. The predicted molar refractivity (Wildman–Crippen MR) is 98.6 cm³/mol. The zero-order valence-electron chi connectivity index (χ0n) is 15.1. The van der Waals surface area contributed by atoms with E-state index in [4.69, 9.17) is 10.5 Å². The number of hydrogen-bond donors (Lipinski definition) is 3. The molecule has 10 heteroatoms. The molecule has 3 aromatic heterocycles. The van der Waals surface area contributed by atoms with Crippen LogP contribution in [0.5, 0.6) is 5.88 Å². The number of hydrogen-bond acceptors (Lipinski definition) is 8. The molecule has 3 aromatic rings. The average Bonchev–Trinajstić information content (AvgIpc) is 2.95. The van der Waals surface area contributed by atoms with E-state index in [0.29, 0.717) is 17.2 Å². The summed E-state index contributed by atoms with van der Waals surface area (Å²) in [4.78, 5) is 25.6. The van der Waals surface area contributed by atoms with Gasteiger partial charge in [0, 0.05) is 31.3 Å². The van der Waals surface area contributed by atoms with Crippen molar-refractivity contribution in [3.8, 4) is 5.88 Å². The van der Waals surface area contributed by atoms with Crippen LogP contribution in [0.25, 0.3) is 5.65 Å². The molecule has 140 valence electrons. The summed E-state index contributed by atoms with van der Waals surface area (Å²) in [5, 5.41) is 10.3. The second kappa shape index (κ2) is 6.80. The zero-order valence-corrected chi connectivity index (χ0v) is 15.1. The number of rotatable bonds is 4. The standard InChI is InChI=1S/C17H20N8O2/c1-9(2)27-17-12(6-20-8-21-17)23-16(26)13-14(18)24-25-7-10-5-19-4-3-11(10)22-15(13)25/h6-9,19H,3-5H2,1-2H3,(H2,18,24)(H,23,26). The maximum absolute atomic E-state index is 12.9. The second-order valence-corrected chi connectivity index (χ2v) is 6.53. The third-order valence-electron chi connectivity index (χ3n) is 4.15. The Kier molecular flexibility index (Phi) is 4.32. The molecule has 4 rings (SSSR count). The Balaban J connectivity index is 1.70. The molecular weight excluding hydrogens is 348 g/mol. The molecule has 1 aliphatic heterocycles. The molecular formula is C17H20N8O2. The molecule has 1 amide bonds. The van der Waals surface area contributed by atoms with Crippen molar-refractivity contribution in [3.63, 3.8) is 0 Å². The maximum atomic E-state index is 12.9. The molecule has 0 aromatic carbocycles. The fourth-order valence-electron chi connectivity index (χ4n) is 2.98. The van der Waals surface area contributed by atoms with Crippen LogP contribution >= 0.6 is 0 Å². The fraction of sp³-hybridized carbons (Fsp3) is 0.353. The Bertz CT molecular complexity index is 1010. The van der Waals surface area contributed by atoms with Gasteiger partial charge in [0.2, 0.25) is 5.88 Å². The summed E-state index contributed by atoms with van der Waals surface area (Å²) in [5.41, 5.74) is 9.01. The van der Waals surface area contributed by atoms with E-state index in [9.17, 15) is 4.79 Å². The molecule has 10 nitrogen and oxygen atoms in total. The predicted octanol–water partition coefficient (Wildman–Crippen LogP) is 0.787. The number of carbonyl (C=O) groups is 1. The Morgan fingerprint density at radius 2 is 2.30 bits per heavy atom. The number of ether oxygens (including phenoxy) is 1. The number of anilines is 2. The topological polar surface area (TPSA) is 132 Å². The van der Waals surface area contributed by atoms with E-state index in [1.54, 1.807) is 4.52 Å². The summed E-state index contributed by atoms with van der Waals surface area (Å²) >= 11 is 0. The van der Waals surface area contributed by atoms with Gasteiger partial charge < -0.3 is 21.1 Å². The number of nitrogens with two attached hydrogens (primary N) is 1. The SMILES string of the molecule is CC(C)Oc1ncncc1NC(=O)c1c(N)nn2cc3c(nc12)CCNC3. The van der Waals surface area contributed by atoms with Gasteiger partial charge in [0.15, 0.2) is 11.5 Å². The van der Waals surface area contributed by atoms with Gasteiger partial charge >= 0.3 is 0 Å². The number of nitrogens with zero attached hydrogens (tertiary/aromatic N) is 5. The van der Waals surface area contributed by atoms with Gasteiger partial charge in [-0.2, -0.15) is 4.98 Å². The van der Waals surface area contributed by atoms with Gasteiger partial charge in [0.25, 0.3) is 5.91 Å². The number of aromatic nitrogens is 5. The minimum Gasteiger partial charge on any atom is -0.473 e. The van der Waals surface area contributed by atoms with Crippen molar-refractivity contribution in [2.24, 2.45) is 0 Å². The maximum Gasteiger partial charge on any atom is 0.263 e. The van der Waals surface area contributed by atoms with Crippen LogP contribution in [0.4, 0.5) is 11.5 Å². The minimum atomic E-state index is -0.438. The monoisotopic (exact) mass is 368 g/mol. The van der Waals surface area contributed by atoms with E-state index in [1.165, 1.54) is 12.5 Å². The molecule has 0 bridgehead atoms. The van der Waals surface area contributed by atoms with Crippen LogP contribution in [-0.2, 0) is 13.0 Å². The smallest absolute Gasteiger partial charge is 0.263 e. The number of fused-ring (bicyclic) bond motifs is 2. The Hall–Kier alpha value is -3.27. The largest absolute Gasteiger partial charge is 0.473 e. The first-order valence-electron chi connectivity index (χ1n) is 8.68. The number of amides is 1. The van der Waals surface area contributed by atoms with Crippen molar-refractivity contribution in [2.45, 2.75) is 32.9 Å². The van der Waals surface area contributed by atoms with Crippen molar-refractivity contribution in [1.82, 2.24) is 29.9 Å². The van der Waals surface area contributed by atoms with Gasteiger partial charge in [-0.3, -0.25) is 4.79 Å². The highest BCUT2D eigenvalue weighted by Crippen LogP contribution is 2.25. The third-order valence-corrected chi connectivity index (χ3v) is 4.15. The van der Waals surface area contributed by atoms with E-state index < -0.39 is 5.91 Å². The average molecular weight is 368 g/mol. The lowest BCUT2D eigenvalue weighted by molar-refractivity contribution is 0.102. The van der Waals surface area contributed by atoms with Crippen LogP contribution in [-0.4, -0.2) is 43.1 Å². The highest BCUT2D eigenvalue weighted by atomic mass is 16.5. The van der Waals surface area contributed by atoms with Gasteiger partial charge in [0.1, 0.15) is 17.6 Å². The molecule has 0 spiro atoms. The lowest BCUT2D eigenvalue weighted by Gasteiger charge is -2.16. The van der Waals surface area contributed by atoms with E-state index in [-0.39, 0.29) is 17.5 Å². The number of nitrogen functional groups attached to an aromatic ring is 1. The molecule has 1 aliphatic rings. The molecule has 0 radical (unpaired) electrons. The first-order valence-corrected chi connectivity index (χ1v) is 8.68. The molecule has 0 unspecified atom stereocenters. The van der Waals surface area contributed by atoms with Crippen LogP contribution in [0.3, 0.4) is 0 Å². The van der Waals surface area contributed by atoms with Gasteiger partial charge in [0.05, 0.1) is 18.0 Å². The summed E-state index contributed by atoms with van der Waals surface area (Å²) in [6.45, 7) is 5.31. The summed E-state index contributed by atoms with van der Waals surface area (Å²) in [7, 11) is 0. The number of carbonyl (C=O) groups excluding carboxylic acids is 1. The number of nitrogens with one attached hydrogen (secondary N) is 2. The van der Waals surface area contributed by atoms with Crippen LogP contribution in [0.1, 0.15) is 35.5 Å². The molecule has 4 N–H and O–H groups in total. The fourth-order valence-corrected chi connectivity index (χ4v) is 2.98. The summed E-state index contributed by atoms with van der Waals surface area (Å²) in [5.74, 6) is -0.0365. The van der Waals surface area contributed by atoms with E-state index in [2.05, 4.69) is 30.7 Å². The van der Waals surface area contributed by atoms with Crippen molar-refractivity contribution >= 4 is 23.1 Å². The quantitative estimate of drug-likeness (QED) is 0.616. The Labute approximate surface area is 155 Å². The molecule has 0 saturated carbocycles. The van der Waals surface area contributed by atoms with Crippen LogP contribution in [0.15, 0.2) is 18.7 Å². The highest BCUT2D eigenvalue weighted by molar-refractivity contribution is 6.11. The summed E-state index contributed by atoms with van der Waals surface area (Å²) < 4.78 is 7.16. The lowest BCUT2D eigenvalue weighted by Crippen LogP contribution is -2.25. The van der Waals surface area contributed by atoms with Crippen LogP contribution in [0, 0.1) is 0 Å². The molecule has 0 aliphatic carbocycles. The van der Waals surface area contributed by atoms with E-state index in [0.717, 1.165) is 30.8 Å². The van der Waals surface area contributed by atoms with Crippen LogP contribution < -0.4 is 21.1 Å². The summed E-state index contributed by atoms with van der Waals surface area (Å²) in [6, 6.07) is 0.